The third-order valence-corrected chi connectivity index (χ3v) is 3.91. The molecule has 0 atom stereocenters. The molecule has 1 heterocycles. The molecule has 94 valence electrons. The van der Waals surface area contributed by atoms with Crippen LogP contribution in [-0.4, -0.2) is 37.1 Å². The number of hydrogen-bond donors (Lipinski definition) is 0. The van der Waals surface area contributed by atoms with Gasteiger partial charge in [0.1, 0.15) is 0 Å². The molecule has 0 aliphatic carbocycles. The van der Waals surface area contributed by atoms with Crippen molar-refractivity contribution in [1.29, 1.82) is 0 Å². The molecule has 1 saturated heterocycles. The van der Waals surface area contributed by atoms with Crippen molar-refractivity contribution in [3.05, 3.63) is 0 Å². The fourth-order valence-electron chi connectivity index (χ4n) is 1.69. The van der Waals surface area contributed by atoms with Crippen molar-refractivity contribution in [3.63, 3.8) is 0 Å². The standard InChI is InChI=1S/C13H25NO2/c1-11(2)13(3,4)6-5-12(15)14-7-9-16-10-8-14/h11H,5-10H2,1-4H3. The molecule has 0 aromatic rings. The second-order valence-corrected chi connectivity index (χ2v) is 5.64. The summed E-state index contributed by atoms with van der Waals surface area (Å²) in [6.07, 6.45) is 1.64. The molecule has 0 radical (unpaired) electrons. The van der Waals surface area contributed by atoms with E-state index in [1.165, 1.54) is 0 Å². The molecule has 0 aromatic heterocycles. The highest BCUT2D eigenvalue weighted by atomic mass is 16.5. The zero-order chi connectivity index (χ0) is 12.2. The van der Waals surface area contributed by atoms with Gasteiger partial charge in [0.05, 0.1) is 13.2 Å². The Labute approximate surface area is 99.1 Å². The lowest BCUT2D eigenvalue weighted by Gasteiger charge is -2.31. The van der Waals surface area contributed by atoms with E-state index in [4.69, 9.17) is 4.74 Å². The Balaban J connectivity index is 2.34. The number of ether oxygens (including phenoxy) is 1. The molecule has 16 heavy (non-hydrogen) atoms. The number of carbonyl (C=O) groups is 1. The molecule has 0 saturated carbocycles. The van der Waals surface area contributed by atoms with Crippen LogP contribution in [0.5, 0.6) is 0 Å². The third kappa shape index (κ3) is 3.78. The van der Waals surface area contributed by atoms with Crippen LogP contribution in [0.2, 0.25) is 0 Å². The molecule has 1 aliphatic heterocycles. The zero-order valence-electron chi connectivity index (χ0n) is 11.1. The SMILES string of the molecule is CC(C)C(C)(C)CCC(=O)N1CCOCC1. The minimum atomic E-state index is 0.252. The van der Waals surface area contributed by atoms with Crippen LogP contribution in [0.3, 0.4) is 0 Å². The number of nitrogens with zero attached hydrogens (tertiary/aromatic N) is 1. The Bertz CT molecular complexity index is 230. The second-order valence-electron chi connectivity index (χ2n) is 5.64. The first-order chi connectivity index (χ1) is 7.43. The summed E-state index contributed by atoms with van der Waals surface area (Å²) in [6, 6.07) is 0. The molecule has 1 rings (SSSR count). The molecular formula is C13H25NO2. The lowest BCUT2D eigenvalue weighted by molar-refractivity contribution is -0.135. The third-order valence-electron chi connectivity index (χ3n) is 3.91. The molecule has 0 spiro atoms. The summed E-state index contributed by atoms with van der Waals surface area (Å²) in [4.78, 5) is 13.9. The maximum atomic E-state index is 11.9. The van der Waals surface area contributed by atoms with Gasteiger partial charge in [-0.3, -0.25) is 4.79 Å². The van der Waals surface area contributed by atoms with Gasteiger partial charge in [0.2, 0.25) is 5.91 Å². The van der Waals surface area contributed by atoms with E-state index in [1.54, 1.807) is 0 Å². The van der Waals surface area contributed by atoms with Crippen LogP contribution in [0, 0.1) is 11.3 Å². The van der Waals surface area contributed by atoms with Gasteiger partial charge in [-0.15, -0.1) is 0 Å². The fourth-order valence-corrected chi connectivity index (χ4v) is 1.69. The van der Waals surface area contributed by atoms with E-state index in [9.17, 15) is 4.79 Å². The van der Waals surface area contributed by atoms with Gasteiger partial charge < -0.3 is 9.64 Å². The molecule has 0 unspecified atom stereocenters. The van der Waals surface area contributed by atoms with Crippen molar-refractivity contribution in [3.8, 4) is 0 Å². The monoisotopic (exact) mass is 227 g/mol. The fraction of sp³-hybridized carbons (Fsp3) is 0.923. The first-order valence-corrected chi connectivity index (χ1v) is 6.29. The molecule has 0 bridgehead atoms. The molecule has 0 N–H and O–H groups in total. The minimum Gasteiger partial charge on any atom is -0.378 e. The zero-order valence-corrected chi connectivity index (χ0v) is 11.1. The second kappa shape index (κ2) is 5.67. The van der Waals surface area contributed by atoms with Gasteiger partial charge in [0.25, 0.3) is 0 Å². The lowest BCUT2D eigenvalue weighted by atomic mass is 9.77. The van der Waals surface area contributed by atoms with Crippen LogP contribution < -0.4 is 0 Å². The summed E-state index contributed by atoms with van der Waals surface area (Å²) >= 11 is 0. The maximum absolute atomic E-state index is 11.9. The number of morpholine rings is 1. The van der Waals surface area contributed by atoms with Gasteiger partial charge in [-0.1, -0.05) is 27.7 Å². The van der Waals surface area contributed by atoms with Crippen molar-refractivity contribution < 1.29 is 9.53 Å². The van der Waals surface area contributed by atoms with Crippen LogP contribution in [0.25, 0.3) is 0 Å². The molecule has 3 nitrogen and oxygen atoms in total. The van der Waals surface area contributed by atoms with Gasteiger partial charge in [-0.05, 0) is 17.8 Å². The average Bonchev–Trinajstić information content (AvgIpc) is 2.27. The summed E-state index contributed by atoms with van der Waals surface area (Å²) < 4.78 is 5.24. The van der Waals surface area contributed by atoms with Crippen LogP contribution in [0.15, 0.2) is 0 Å². The average molecular weight is 227 g/mol. The summed E-state index contributed by atoms with van der Waals surface area (Å²) in [5.74, 6) is 0.905. The largest absolute Gasteiger partial charge is 0.378 e. The summed E-state index contributed by atoms with van der Waals surface area (Å²) in [6.45, 7) is 11.8. The Hall–Kier alpha value is -0.570. The van der Waals surface area contributed by atoms with Crippen LogP contribution in [0.1, 0.15) is 40.5 Å². The minimum absolute atomic E-state index is 0.252. The highest BCUT2D eigenvalue weighted by Gasteiger charge is 2.25. The first-order valence-electron chi connectivity index (χ1n) is 6.29. The Morgan fingerprint density at radius 3 is 2.38 bits per heavy atom. The molecule has 1 fully saturated rings. The van der Waals surface area contributed by atoms with E-state index >= 15 is 0 Å². The van der Waals surface area contributed by atoms with Crippen molar-refractivity contribution in [2.24, 2.45) is 11.3 Å². The molecule has 0 aromatic carbocycles. The number of rotatable bonds is 4. The van der Waals surface area contributed by atoms with Gasteiger partial charge in [0, 0.05) is 19.5 Å². The van der Waals surface area contributed by atoms with E-state index < -0.39 is 0 Å². The van der Waals surface area contributed by atoms with Gasteiger partial charge in [-0.2, -0.15) is 0 Å². The molecule has 1 aliphatic rings. The van der Waals surface area contributed by atoms with Crippen molar-refractivity contribution in [2.45, 2.75) is 40.5 Å². The summed E-state index contributed by atoms with van der Waals surface area (Å²) in [5.41, 5.74) is 0.252. The molecule has 3 heteroatoms. The van der Waals surface area contributed by atoms with E-state index in [2.05, 4.69) is 27.7 Å². The van der Waals surface area contributed by atoms with E-state index in [1.807, 2.05) is 4.90 Å². The van der Waals surface area contributed by atoms with Crippen LogP contribution in [-0.2, 0) is 9.53 Å². The van der Waals surface area contributed by atoms with E-state index in [0.717, 1.165) is 19.5 Å². The normalized spacial score (nSPS) is 17.9. The van der Waals surface area contributed by atoms with Crippen molar-refractivity contribution >= 4 is 5.91 Å². The van der Waals surface area contributed by atoms with Gasteiger partial charge in [-0.25, -0.2) is 0 Å². The quantitative estimate of drug-likeness (QED) is 0.737. The van der Waals surface area contributed by atoms with Crippen molar-refractivity contribution in [1.82, 2.24) is 4.90 Å². The summed E-state index contributed by atoms with van der Waals surface area (Å²) in [7, 11) is 0. The smallest absolute Gasteiger partial charge is 0.222 e. The van der Waals surface area contributed by atoms with Crippen molar-refractivity contribution in [2.75, 3.05) is 26.3 Å². The topological polar surface area (TPSA) is 29.5 Å². The van der Waals surface area contributed by atoms with Crippen LogP contribution in [0.4, 0.5) is 0 Å². The highest BCUT2D eigenvalue weighted by Crippen LogP contribution is 2.31. The number of amides is 1. The molecule has 1 amide bonds. The number of carbonyl (C=O) groups excluding carboxylic acids is 1. The van der Waals surface area contributed by atoms with Crippen LogP contribution >= 0.6 is 0 Å². The lowest BCUT2D eigenvalue weighted by Crippen LogP contribution is -2.41. The van der Waals surface area contributed by atoms with E-state index in [0.29, 0.717) is 25.6 Å². The predicted octanol–water partition coefficient (Wildman–Crippen LogP) is 2.31. The Morgan fingerprint density at radius 1 is 1.31 bits per heavy atom. The Morgan fingerprint density at radius 2 is 1.88 bits per heavy atom. The predicted molar refractivity (Wildman–Crippen MR) is 65.3 cm³/mol. The first kappa shape index (κ1) is 13.5. The number of hydrogen-bond acceptors (Lipinski definition) is 2. The summed E-state index contributed by atoms with van der Waals surface area (Å²) in [5, 5.41) is 0. The molecular weight excluding hydrogens is 202 g/mol. The maximum Gasteiger partial charge on any atom is 0.222 e. The van der Waals surface area contributed by atoms with Gasteiger partial charge in [0.15, 0.2) is 0 Å². The highest BCUT2D eigenvalue weighted by molar-refractivity contribution is 5.76. The Kier molecular flexibility index (Phi) is 4.78. The van der Waals surface area contributed by atoms with Gasteiger partial charge >= 0.3 is 0 Å². The van der Waals surface area contributed by atoms with E-state index in [-0.39, 0.29) is 11.3 Å².